The maximum atomic E-state index is 12.4. The zero-order valence-corrected chi connectivity index (χ0v) is 14.1. The number of nitrogens with zero attached hydrogens (tertiary/aromatic N) is 1. The summed E-state index contributed by atoms with van der Waals surface area (Å²) in [7, 11) is 0. The van der Waals surface area contributed by atoms with Crippen molar-refractivity contribution in [1.82, 2.24) is 4.90 Å². The minimum Gasteiger partial charge on any atom is -0.444 e. The highest BCUT2D eigenvalue weighted by Crippen LogP contribution is 2.36. The van der Waals surface area contributed by atoms with E-state index < -0.39 is 5.60 Å². The Bertz CT molecular complexity index is 350. The van der Waals surface area contributed by atoms with E-state index in [2.05, 4.69) is 6.92 Å². The van der Waals surface area contributed by atoms with Crippen molar-refractivity contribution in [3.63, 3.8) is 0 Å². The van der Waals surface area contributed by atoms with Crippen LogP contribution in [0.2, 0.25) is 0 Å². The summed E-state index contributed by atoms with van der Waals surface area (Å²) in [4.78, 5) is 14.3. The van der Waals surface area contributed by atoms with Gasteiger partial charge in [0.1, 0.15) is 11.7 Å². The summed E-state index contributed by atoms with van der Waals surface area (Å²) in [5.41, 5.74) is -0.427. The van der Waals surface area contributed by atoms with Gasteiger partial charge in [0.25, 0.3) is 0 Å². The standard InChI is InChI=1S/C17H31NO3/c1-5-6-7-8-9-10-13-11-14-15(20-14)12-18(13)16(19)21-17(2,3)4/h13-15H,5-12H2,1-4H3/t13-,14-,15+/m1/s1. The monoisotopic (exact) mass is 297 g/mol. The van der Waals surface area contributed by atoms with Crippen LogP contribution < -0.4 is 0 Å². The van der Waals surface area contributed by atoms with Crippen molar-refractivity contribution in [2.24, 2.45) is 0 Å². The fraction of sp³-hybridized carbons (Fsp3) is 0.941. The van der Waals surface area contributed by atoms with Gasteiger partial charge in [0.05, 0.1) is 12.6 Å². The van der Waals surface area contributed by atoms with Gasteiger partial charge in [-0.25, -0.2) is 4.79 Å². The van der Waals surface area contributed by atoms with Gasteiger partial charge in [0, 0.05) is 6.04 Å². The molecule has 4 nitrogen and oxygen atoms in total. The molecule has 2 heterocycles. The Balaban J connectivity index is 1.82. The van der Waals surface area contributed by atoms with Gasteiger partial charge in [-0.2, -0.15) is 0 Å². The number of hydrogen-bond donors (Lipinski definition) is 0. The molecule has 21 heavy (non-hydrogen) atoms. The third-order valence-electron chi connectivity index (χ3n) is 4.28. The summed E-state index contributed by atoms with van der Waals surface area (Å²) < 4.78 is 11.2. The lowest BCUT2D eigenvalue weighted by atomic mass is 9.97. The molecule has 122 valence electrons. The number of ether oxygens (including phenoxy) is 2. The number of likely N-dealkylation sites (tertiary alicyclic amines) is 1. The zero-order chi connectivity index (χ0) is 15.5. The van der Waals surface area contributed by atoms with Crippen LogP contribution in [-0.4, -0.2) is 41.4 Å². The largest absolute Gasteiger partial charge is 0.444 e. The smallest absolute Gasteiger partial charge is 0.410 e. The molecule has 0 unspecified atom stereocenters. The molecule has 0 bridgehead atoms. The van der Waals surface area contributed by atoms with Crippen LogP contribution in [0.25, 0.3) is 0 Å². The predicted molar refractivity (Wildman–Crippen MR) is 83.4 cm³/mol. The first-order valence-corrected chi connectivity index (χ1v) is 8.56. The van der Waals surface area contributed by atoms with Crippen LogP contribution >= 0.6 is 0 Å². The molecule has 3 atom stereocenters. The summed E-state index contributed by atoms with van der Waals surface area (Å²) in [5.74, 6) is 0. The number of amides is 1. The molecule has 2 aliphatic rings. The van der Waals surface area contributed by atoms with Crippen molar-refractivity contribution in [3.8, 4) is 0 Å². The second-order valence-electron chi connectivity index (χ2n) is 7.44. The number of epoxide rings is 1. The normalized spacial score (nSPS) is 28.2. The molecule has 0 radical (unpaired) electrons. The average Bonchev–Trinajstić information content (AvgIpc) is 3.13. The van der Waals surface area contributed by atoms with Gasteiger partial charge in [0.15, 0.2) is 0 Å². The Morgan fingerprint density at radius 1 is 1.19 bits per heavy atom. The Morgan fingerprint density at radius 3 is 2.57 bits per heavy atom. The van der Waals surface area contributed by atoms with E-state index >= 15 is 0 Å². The lowest BCUT2D eigenvalue weighted by molar-refractivity contribution is 0.0111. The van der Waals surface area contributed by atoms with E-state index in [1.165, 1.54) is 32.1 Å². The first kappa shape index (κ1) is 16.6. The fourth-order valence-corrected chi connectivity index (χ4v) is 3.09. The van der Waals surface area contributed by atoms with Gasteiger partial charge in [-0.3, -0.25) is 0 Å². The lowest BCUT2D eigenvalue weighted by Gasteiger charge is -2.35. The highest BCUT2D eigenvalue weighted by Gasteiger charge is 2.49. The van der Waals surface area contributed by atoms with E-state index in [9.17, 15) is 4.79 Å². The van der Waals surface area contributed by atoms with Gasteiger partial charge in [-0.05, 0) is 33.6 Å². The number of piperidine rings is 1. The van der Waals surface area contributed by atoms with Gasteiger partial charge >= 0.3 is 6.09 Å². The SMILES string of the molecule is CCCCCCC[C@@H]1C[C@H]2O[C@H]2CN1C(=O)OC(C)(C)C. The Kier molecular flexibility index (Phi) is 5.53. The molecule has 2 fully saturated rings. The summed E-state index contributed by atoms with van der Waals surface area (Å²) in [6.45, 7) is 8.70. The molecule has 0 aliphatic carbocycles. The molecule has 0 aromatic heterocycles. The first-order valence-electron chi connectivity index (χ1n) is 8.56. The van der Waals surface area contributed by atoms with Crippen LogP contribution in [0.5, 0.6) is 0 Å². The molecule has 0 aromatic carbocycles. The summed E-state index contributed by atoms with van der Waals surface area (Å²) in [5, 5.41) is 0. The maximum Gasteiger partial charge on any atom is 0.410 e. The number of rotatable bonds is 6. The molecule has 2 aliphatic heterocycles. The van der Waals surface area contributed by atoms with E-state index in [0.717, 1.165) is 12.8 Å². The van der Waals surface area contributed by atoms with Crippen LogP contribution in [0, 0.1) is 0 Å². The van der Waals surface area contributed by atoms with E-state index in [1.807, 2.05) is 25.7 Å². The van der Waals surface area contributed by atoms with Crippen molar-refractivity contribution >= 4 is 6.09 Å². The highest BCUT2D eigenvalue weighted by atomic mass is 16.6. The second-order valence-corrected chi connectivity index (χ2v) is 7.44. The molecular formula is C17H31NO3. The first-order chi connectivity index (χ1) is 9.90. The van der Waals surface area contributed by atoms with Gasteiger partial charge in [-0.15, -0.1) is 0 Å². The number of unbranched alkanes of at least 4 members (excludes halogenated alkanes) is 4. The topological polar surface area (TPSA) is 42.1 Å². The van der Waals surface area contributed by atoms with E-state index in [0.29, 0.717) is 18.7 Å². The molecule has 0 N–H and O–H groups in total. The van der Waals surface area contributed by atoms with Crippen molar-refractivity contribution in [2.45, 2.75) is 96.5 Å². The Hall–Kier alpha value is -0.770. The Labute approximate surface area is 129 Å². The van der Waals surface area contributed by atoms with Crippen molar-refractivity contribution in [3.05, 3.63) is 0 Å². The molecule has 0 saturated carbocycles. The van der Waals surface area contributed by atoms with Gasteiger partial charge < -0.3 is 14.4 Å². The summed E-state index contributed by atoms with van der Waals surface area (Å²) in [6, 6.07) is 0.297. The molecule has 0 spiro atoms. The Morgan fingerprint density at radius 2 is 1.90 bits per heavy atom. The highest BCUT2D eigenvalue weighted by molar-refractivity contribution is 5.69. The number of carbonyl (C=O) groups excluding carboxylic acids is 1. The molecule has 1 amide bonds. The minimum absolute atomic E-state index is 0.171. The van der Waals surface area contributed by atoms with Gasteiger partial charge in [0.2, 0.25) is 0 Å². The number of fused-ring (bicyclic) bond motifs is 1. The lowest BCUT2D eigenvalue weighted by Crippen LogP contribution is -2.48. The van der Waals surface area contributed by atoms with E-state index in [-0.39, 0.29) is 12.2 Å². The summed E-state index contributed by atoms with van der Waals surface area (Å²) in [6.07, 6.45) is 8.89. The molecule has 0 aromatic rings. The molecule has 2 saturated heterocycles. The van der Waals surface area contributed by atoms with Crippen molar-refractivity contribution in [2.75, 3.05) is 6.54 Å². The fourth-order valence-electron chi connectivity index (χ4n) is 3.09. The maximum absolute atomic E-state index is 12.4. The van der Waals surface area contributed by atoms with Crippen LogP contribution in [0.3, 0.4) is 0 Å². The third-order valence-corrected chi connectivity index (χ3v) is 4.28. The third kappa shape index (κ3) is 5.17. The van der Waals surface area contributed by atoms with E-state index in [4.69, 9.17) is 9.47 Å². The minimum atomic E-state index is -0.427. The molecule has 2 rings (SSSR count). The van der Waals surface area contributed by atoms with Crippen LogP contribution in [-0.2, 0) is 9.47 Å². The van der Waals surface area contributed by atoms with Crippen LogP contribution in [0.4, 0.5) is 4.79 Å². The second kappa shape index (κ2) is 6.99. The van der Waals surface area contributed by atoms with Crippen LogP contribution in [0.15, 0.2) is 0 Å². The zero-order valence-electron chi connectivity index (χ0n) is 14.1. The van der Waals surface area contributed by atoms with Gasteiger partial charge in [-0.1, -0.05) is 39.0 Å². The molecule has 4 heteroatoms. The number of carbonyl (C=O) groups is 1. The van der Waals surface area contributed by atoms with E-state index in [1.54, 1.807) is 0 Å². The predicted octanol–water partition coefficient (Wildman–Crippen LogP) is 4.12. The average molecular weight is 297 g/mol. The quantitative estimate of drug-likeness (QED) is 0.547. The number of hydrogen-bond acceptors (Lipinski definition) is 3. The van der Waals surface area contributed by atoms with Crippen molar-refractivity contribution in [1.29, 1.82) is 0 Å². The summed E-state index contributed by atoms with van der Waals surface area (Å²) >= 11 is 0. The van der Waals surface area contributed by atoms with Crippen LogP contribution in [0.1, 0.15) is 72.6 Å². The molecular weight excluding hydrogens is 266 g/mol. The van der Waals surface area contributed by atoms with Crippen molar-refractivity contribution < 1.29 is 14.3 Å².